The number of amides is 1. The van der Waals surface area contributed by atoms with Crippen LogP contribution in [-0.2, 0) is 17.8 Å². The Bertz CT molecular complexity index is 1560. The fraction of sp³-hybridized carbons (Fsp3) is 0.333. The zero-order valence-corrected chi connectivity index (χ0v) is 22.9. The van der Waals surface area contributed by atoms with Crippen molar-refractivity contribution in [1.29, 1.82) is 0 Å². The van der Waals surface area contributed by atoms with E-state index in [0.29, 0.717) is 17.8 Å². The lowest BCUT2D eigenvalue weighted by molar-refractivity contribution is 0.0547. The number of aromatic nitrogens is 1. The van der Waals surface area contributed by atoms with Crippen LogP contribution in [0.1, 0.15) is 61.5 Å². The topological polar surface area (TPSA) is 63.6 Å². The third kappa shape index (κ3) is 4.97. The van der Waals surface area contributed by atoms with Gasteiger partial charge in [-0.15, -0.1) is 0 Å². The summed E-state index contributed by atoms with van der Waals surface area (Å²) < 4.78 is 7.49. The molecule has 3 heterocycles. The van der Waals surface area contributed by atoms with Gasteiger partial charge in [-0.2, -0.15) is 0 Å². The predicted octanol–water partition coefficient (Wildman–Crippen LogP) is 6.99. The molecule has 1 N–H and O–H groups in total. The van der Waals surface area contributed by atoms with Crippen molar-refractivity contribution in [2.24, 2.45) is 0 Å². The monoisotopic (exact) mass is 521 g/mol. The fourth-order valence-corrected chi connectivity index (χ4v) is 5.89. The number of rotatable bonds is 4. The number of likely N-dealkylation sites (tertiary alicyclic amines) is 1. The van der Waals surface area contributed by atoms with Gasteiger partial charge in [0.2, 0.25) is 0 Å². The third-order valence-electron chi connectivity index (χ3n) is 7.62. The number of carbonyl (C=O) groups excluding carboxylic acids is 2. The van der Waals surface area contributed by atoms with Crippen LogP contribution in [0.5, 0.6) is 0 Å². The highest BCUT2D eigenvalue weighted by Gasteiger charge is 2.30. The second-order valence-corrected chi connectivity index (χ2v) is 11.6. The van der Waals surface area contributed by atoms with Gasteiger partial charge < -0.3 is 10.1 Å². The van der Waals surface area contributed by atoms with Crippen LogP contribution in [0.15, 0.2) is 66.7 Å². The molecule has 6 nitrogen and oxygen atoms in total. The van der Waals surface area contributed by atoms with Crippen molar-refractivity contribution in [3.05, 3.63) is 83.4 Å². The molecule has 39 heavy (non-hydrogen) atoms. The fourth-order valence-electron chi connectivity index (χ4n) is 5.89. The lowest BCUT2D eigenvalue weighted by Crippen LogP contribution is -2.29. The molecule has 0 spiro atoms. The van der Waals surface area contributed by atoms with Crippen LogP contribution in [0.25, 0.3) is 33.3 Å². The number of hydrogen-bond donors (Lipinski definition) is 1. The molecule has 2 aliphatic rings. The molecule has 0 unspecified atom stereocenters. The molecule has 0 radical (unpaired) electrons. The average Bonchev–Trinajstić information content (AvgIpc) is 3.49. The van der Waals surface area contributed by atoms with E-state index in [1.54, 1.807) is 4.57 Å². The summed E-state index contributed by atoms with van der Waals surface area (Å²) in [4.78, 5) is 29.3. The summed E-state index contributed by atoms with van der Waals surface area (Å²) in [5.41, 5.74) is 6.41. The minimum Gasteiger partial charge on any atom is -0.443 e. The Morgan fingerprint density at radius 3 is 2.41 bits per heavy atom. The van der Waals surface area contributed by atoms with Crippen molar-refractivity contribution < 1.29 is 14.3 Å². The Labute approximate surface area is 229 Å². The van der Waals surface area contributed by atoms with Crippen LogP contribution >= 0.6 is 0 Å². The molecule has 2 aliphatic heterocycles. The summed E-state index contributed by atoms with van der Waals surface area (Å²) in [6.45, 7) is 9.20. The van der Waals surface area contributed by atoms with Gasteiger partial charge in [0, 0.05) is 24.0 Å². The quantitative estimate of drug-likeness (QED) is 0.314. The summed E-state index contributed by atoms with van der Waals surface area (Å²) in [7, 11) is 0. The Kier molecular flexibility index (Phi) is 6.51. The first-order chi connectivity index (χ1) is 18.8. The van der Waals surface area contributed by atoms with Gasteiger partial charge >= 0.3 is 6.09 Å². The van der Waals surface area contributed by atoms with E-state index in [1.807, 2.05) is 57.2 Å². The van der Waals surface area contributed by atoms with Crippen molar-refractivity contribution in [2.45, 2.75) is 58.7 Å². The van der Waals surface area contributed by atoms with E-state index in [4.69, 9.17) is 4.74 Å². The highest BCUT2D eigenvalue weighted by Crippen LogP contribution is 2.39. The minimum atomic E-state index is -0.657. The molecule has 0 atom stereocenters. The van der Waals surface area contributed by atoms with Crippen molar-refractivity contribution in [3.63, 3.8) is 0 Å². The summed E-state index contributed by atoms with van der Waals surface area (Å²) in [5.74, 6) is -0.121. The molecular weight excluding hydrogens is 486 g/mol. The Balaban J connectivity index is 1.50. The van der Waals surface area contributed by atoms with Crippen molar-refractivity contribution in [2.75, 3.05) is 13.1 Å². The highest BCUT2D eigenvalue weighted by molar-refractivity contribution is 6.08. The maximum absolute atomic E-state index is 13.6. The molecule has 0 aliphatic carbocycles. The van der Waals surface area contributed by atoms with Crippen molar-refractivity contribution in [1.82, 2.24) is 14.8 Å². The van der Waals surface area contributed by atoms with Gasteiger partial charge in [0.15, 0.2) is 0 Å². The number of ether oxygens (including phenoxy) is 1. The first kappa shape index (κ1) is 25.4. The average molecular weight is 522 g/mol. The molecular formula is C33H35N3O3. The molecule has 6 rings (SSSR count). The van der Waals surface area contributed by atoms with Gasteiger partial charge in [-0.25, -0.2) is 9.36 Å². The summed E-state index contributed by atoms with van der Waals surface area (Å²) >= 11 is 0. The lowest BCUT2D eigenvalue weighted by atomic mass is 9.92. The third-order valence-corrected chi connectivity index (χ3v) is 7.62. The maximum atomic E-state index is 13.6. The number of fused-ring (bicyclic) bond motifs is 2. The van der Waals surface area contributed by atoms with Crippen LogP contribution in [0.2, 0.25) is 0 Å². The molecule has 1 saturated heterocycles. The maximum Gasteiger partial charge on any atom is 0.419 e. The molecule has 1 aromatic heterocycles. The summed E-state index contributed by atoms with van der Waals surface area (Å²) in [5, 5.41) is 3.97. The Morgan fingerprint density at radius 1 is 0.923 bits per heavy atom. The number of piperidine rings is 1. The van der Waals surface area contributed by atoms with E-state index in [-0.39, 0.29) is 5.91 Å². The van der Waals surface area contributed by atoms with Gasteiger partial charge in [0.1, 0.15) is 5.60 Å². The molecule has 0 saturated carbocycles. The summed E-state index contributed by atoms with van der Waals surface area (Å²) in [6.07, 6.45) is 3.34. The van der Waals surface area contributed by atoms with Gasteiger partial charge in [-0.05, 0) is 87.2 Å². The standard InChI is InChI=1S/C33H35N3O3/c1-33(2,3)39-32(38)36-28-15-12-22(21-35-16-8-5-9-17-35)18-24(28)19-29(36)26-14-13-25(23-10-6-4-7-11-23)27-20-34-31(37)30(26)27/h4,6-7,10-15,18-19H,5,8-9,16-17,20-21H2,1-3H3,(H,34,37). The first-order valence-corrected chi connectivity index (χ1v) is 13.9. The van der Waals surface area contributed by atoms with Gasteiger partial charge in [0.25, 0.3) is 5.91 Å². The minimum absolute atomic E-state index is 0.121. The molecule has 4 aromatic rings. The summed E-state index contributed by atoms with van der Waals surface area (Å²) in [6, 6.07) is 22.5. The molecule has 1 fully saturated rings. The molecule has 3 aromatic carbocycles. The van der Waals surface area contributed by atoms with E-state index in [2.05, 4.69) is 40.5 Å². The van der Waals surface area contributed by atoms with Gasteiger partial charge in [0.05, 0.1) is 16.8 Å². The van der Waals surface area contributed by atoms with Crippen LogP contribution in [0.3, 0.4) is 0 Å². The number of nitrogens with zero attached hydrogens (tertiary/aromatic N) is 2. The SMILES string of the molecule is CC(C)(C)OC(=O)n1c(-c2ccc(-c3ccccc3)c3c2C(=O)NC3)cc2cc(CN3CCCCC3)ccc21. The van der Waals surface area contributed by atoms with Gasteiger partial charge in [-0.3, -0.25) is 9.69 Å². The second kappa shape index (κ2) is 10.0. The first-order valence-electron chi connectivity index (χ1n) is 13.9. The van der Waals surface area contributed by atoms with Crippen molar-refractivity contribution in [3.8, 4) is 22.4 Å². The molecule has 1 amide bonds. The highest BCUT2D eigenvalue weighted by atomic mass is 16.6. The zero-order chi connectivity index (χ0) is 27.1. The second-order valence-electron chi connectivity index (χ2n) is 11.6. The number of carbonyl (C=O) groups is 2. The number of benzene rings is 3. The van der Waals surface area contributed by atoms with E-state index >= 15 is 0 Å². The normalized spacial score (nSPS) is 15.8. The zero-order valence-electron chi connectivity index (χ0n) is 22.9. The number of nitrogens with one attached hydrogen (secondary N) is 1. The van der Waals surface area contributed by atoms with E-state index in [9.17, 15) is 9.59 Å². The van der Waals surface area contributed by atoms with Crippen LogP contribution in [0, 0.1) is 0 Å². The van der Waals surface area contributed by atoms with Crippen LogP contribution < -0.4 is 5.32 Å². The molecule has 6 heteroatoms. The lowest BCUT2D eigenvalue weighted by Gasteiger charge is -2.26. The number of hydrogen-bond acceptors (Lipinski definition) is 4. The van der Waals surface area contributed by atoms with Gasteiger partial charge in [-0.1, -0.05) is 55.0 Å². The van der Waals surface area contributed by atoms with E-state index < -0.39 is 11.7 Å². The largest absolute Gasteiger partial charge is 0.443 e. The van der Waals surface area contributed by atoms with E-state index in [1.165, 1.54) is 24.8 Å². The predicted molar refractivity (Wildman–Crippen MR) is 155 cm³/mol. The van der Waals surface area contributed by atoms with Crippen LogP contribution in [0.4, 0.5) is 4.79 Å². The van der Waals surface area contributed by atoms with Crippen LogP contribution in [-0.4, -0.2) is 40.2 Å². The van der Waals surface area contributed by atoms with Crippen molar-refractivity contribution >= 4 is 22.9 Å². The molecule has 200 valence electrons. The smallest absolute Gasteiger partial charge is 0.419 e. The van der Waals surface area contributed by atoms with E-state index in [0.717, 1.165) is 52.8 Å². The Morgan fingerprint density at radius 2 is 1.67 bits per heavy atom. The Hall–Kier alpha value is -3.90. The molecule has 0 bridgehead atoms.